The molecule has 0 fully saturated rings. The predicted molar refractivity (Wildman–Crippen MR) is 15.3 cm³/mol. The Morgan fingerprint density at radius 1 is 1.25 bits per heavy atom. The Labute approximate surface area is 42.5 Å². The molecular weight excluding hydrogens is 83.9 g/mol. The molecule has 22 valence electrons. The molecule has 0 saturated heterocycles. The number of rotatable bonds is 0. The maximum atomic E-state index is 3.38. The first kappa shape index (κ1) is 8.83. The summed E-state index contributed by atoms with van der Waals surface area (Å²) >= 11 is 0. The Bertz CT molecular complexity index is 3.25. The van der Waals surface area contributed by atoms with Crippen LogP contribution in [0.15, 0.2) is 0 Å². The molecule has 0 atom stereocenters. The summed E-state index contributed by atoms with van der Waals surface area (Å²) < 4.78 is 0. The van der Waals surface area contributed by atoms with E-state index in [4.69, 9.17) is 0 Å². The van der Waals surface area contributed by atoms with Gasteiger partial charge in [0.1, 0.15) is 0 Å². The molecule has 0 unspecified atom stereocenters. The second kappa shape index (κ2) is 9.31. The van der Waals surface area contributed by atoms with Gasteiger partial charge in [-0.05, 0) is 0 Å². The molecule has 0 aliphatic rings. The zero-order chi connectivity index (χ0) is 2.71. The molecule has 0 aromatic carbocycles. The van der Waals surface area contributed by atoms with Gasteiger partial charge in [-0.3, -0.25) is 0 Å². The summed E-state index contributed by atoms with van der Waals surface area (Å²) in [6, 6.07) is 0. The molecule has 0 aromatic rings. The van der Waals surface area contributed by atoms with Crippen molar-refractivity contribution in [3.63, 3.8) is 0 Å². The van der Waals surface area contributed by atoms with Crippen LogP contribution in [0.25, 0.3) is 0 Å². The van der Waals surface area contributed by atoms with Crippen LogP contribution in [0.5, 0.6) is 0 Å². The van der Waals surface area contributed by atoms with Gasteiger partial charge in [-0.25, -0.2) is 0 Å². The van der Waals surface area contributed by atoms with Crippen LogP contribution in [-0.4, -0.2) is 0 Å². The van der Waals surface area contributed by atoms with E-state index < -0.39 is 0 Å². The SMILES string of the molecule is [CH2-]C[CH2-].[Ti+2]. The van der Waals surface area contributed by atoms with Crippen molar-refractivity contribution in [1.82, 2.24) is 0 Å². The van der Waals surface area contributed by atoms with Gasteiger partial charge >= 0.3 is 21.7 Å². The van der Waals surface area contributed by atoms with Crippen molar-refractivity contribution in [2.24, 2.45) is 0 Å². The summed E-state index contributed by atoms with van der Waals surface area (Å²) in [6.45, 7) is 6.75. The maximum Gasteiger partial charge on any atom is 2.00 e. The van der Waals surface area contributed by atoms with Gasteiger partial charge in [0.25, 0.3) is 0 Å². The summed E-state index contributed by atoms with van der Waals surface area (Å²) in [5.41, 5.74) is 0. The molecular formula is C3H6Ti. The molecule has 0 nitrogen and oxygen atoms in total. The van der Waals surface area contributed by atoms with E-state index in [2.05, 4.69) is 13.8 Å². The van der Waals surface area contributed by atoms with Crippen molar-refractivity contribution < 1.29 is 21.7 Å². The van der Waals surface area contributed by atoms with Crippen molar-refractivity contribution in [3.8, 4) is 0 Å². The summed E-state index contributed by atoms with van der Waals surface area (Å²) in [5, 5.41) is 0. The summed E-state index contributed by atoms with van der Waals surface area (Å²) in [6.07, 6.45) is 0.750. The van der Waals surface area contributed by atoms with E-state index in [1.54, 1.807) is 0 Å². The van der Waals surface area contributed by atoms with E-state index in [1.165, 1.54) is 0 Å². The van der Waals surface area contributed by atoms with E-state index in [1.807, 2.05) is 0 Å². The van der Waals surface area contributed by atoms with E-state index >= 15 is 0 Å². The van der Waals surface area contributed by atoms with Crippen LogP contribution in [0.3, 0.4) is 0 Å². The van der Waals surface area contributed by atoms with Gasteiger partial charge in [0.2, 0.25) is 0 Å². The van der Waals surface area contributed by atoms with Crippen LogP contribution in [0.2, 0.25) is 0 Å². The zero-order valence-corrected chi connectivity index (χ0v) is 4.18. The average Bonchev–Trinajstić information content (AvgIpc) is 0.918. The molecule has 0 radical (unpaired) electrons. The molecule has 0 bridgehead atoms. The van der Waals surface area contributed by atoms with Crippen molar-refractivity contribution in [2.45, 2.75) is 6.42 Å². The third-order valence-electron chi connectivity index (χ3n) is 0. The minimum atomic E-state index is 0. The first-order valence-electron chi connectivity index (χ1n) is 1.000. The van der Waals surface area contributed by atoms with Gasteiger partial charge in [-0.1, -0.05) is 0 Å². The van der Waals surface area contributed by atoms with Crippen LogP contribution < -0.4 is 0 Å². The second-order valence-electron chi connectivity index (χ2n) is 0.354. The largest absolute Gasteiger partial charge is 2.00 e. The van der Waals surface area contributed by atoms with Crippen molar-refractivity contribution in [1.29, 1.82) is 0 Å². The van der Waals surface area contributed by atoms with E-state index in [9.17, 15) is 0 Å². The van der Waals surface area contributed by atoms with Gasteiger partial charge in [0, 0.05) is 0 Å². The van der Waals surface area contributed by atoms with Crippen LogP contribution in [0.4, 0.5) is 0 Å². The average molecular weight is 89.9 g/mol. The zero-order valence-electron chi connectivity index (χ0n) is 2.62. The van der Waals surface area contributed by atoms with Gasteiger partial charge in [0.15, 0.2) is 0 Å². The van der Waals surface area contributed by atoms with E-state index in [-0.39, 0.29) is 21.7 Å². The fraction of sp³-hybridized carbons (Fsp3) is 0.333. The van der Waals surface area contributed by atoms with Crippen LogP contribution in [-0.2, 0) is 21.7 Å². The van der Waals surface area contributed by atoms with Gasteiger partial charge < -0.3 is 20.3 Å². The smallest absolute Gasteiger partial charge is 0.372 e. The third-order valence-corrected chi connectivity index (χ3v) is 0. The first-order valence-corrected chi connectivity index (χ1v) is 1.000. The van der Waals surface area contributed by atoms with Gasteiger partial charge in [0.05, 0.1) is 0 Å². The predicted octanol–water partition coefficient (Wildman–Crippen LogP) is 1.04. The first-order chi connectivity index (χ1) is 1.41. The standard InChI is InChI=1S/C3H6.Ti/c1-3-2;/h1-3H2;/q-2;+2. The summed E-state index contributed by atoms with van der Waals surface area (Å²) in [7, 11) is 0. The molecule has 0 aliphatic heterocycles. The second-order valence-corrected chi connectivity index (χ2v) is 0.354. The molecule has 0 rings (SSSR count). The Hall–Kier alpha value is 0.714. The molecule has 0 saturated carbocycles. The Morgan fingerprint density at radius 3 is 1.25 bits per heavy atom. The molecule has 0 aromatic heterocycles. The minimum absolute atomic E-state index is 0. The topological polar surface area (TPSA) is 0 Å². The molecule has 0 aliphatic carbocycles. The summed E-state index contributed by atoms with van der Waals surface area (Å²) in [4.78, 5) is 0. The number of hydrogen-bond donors (Lipinski definition) is 0. The van der Waals surface area contributed by atoms with Crippen molar-refractivity contribution >= 4 is 0 Å². The molecule has 0 heterocycles. The quantitative estimate of drug-likeness (QED) is 0.308. The monoisotopic (exact) mass is 90.0 g/mol. The van der Waals surface area contributed by atoms with Crippen molar-refractivity contribution in [2.75, 3.05) is 0 Å². The van der Waals surface area contributed by atoms with Crippen molar-refractivity contribution in [3.05, 3.63) is 13.8 Å². The Balaban J connectivity index is 0. The van der Waals surface area contributed by atoms with Crippen LogP contribution in [0.1, 0.15) is 6.42 Å². The van der Waals surface area contributed by atoms with E-state index in [0.717, 1.165) is 6.42 Å². The number of hydrogen-bond acceptors (Lipinski definition) is 0. The Morgan fingerprint density at radius 2 is 1.25 bits per heavy atom. The molecule has 1 heteroatoms. The maximum absolute atomic E-state index is 3.38. The molecule has 0 N–H and O–H groups in total. The molecule has 0 spiro atoms. The third kappa shape index (κ3) is 15.6. The Kier molecular flexibility index (Phi) is 20.6. The van der Waals surface area contributed by atoms with Crippen LogP contribution in [0, 0.1) is 13.8 Å². The fourth-order valence-corrected chi connectivity index (χ4v) is 0. The van der Waals surface area contributed by atoms with Gasteiger partial charge in [-0.2, -0.15) is 0 Å². The van der Waals surface area contributed by atoms with Crippen LogP contribution >= 0.6 is 0 Å². The van der Waals surface area contributed by atoms with Gasteiger partial charge in [-0.15, -0.1) is 0 Å². The fourth-order valence-electron chi connectivity index (χ4n) is 0. The van der Waals surface area contributed by atoms with E-state index in [0.29, 0.717) is 0 Å². The normalized spacial score (nSPS) is 4.50. The summed E-state index contributed by atoms with van der Waals surface area (Å²) in [5.74, 6) is 0. The minimum Gasteiger partial charge on any atom is -0.372 e. The molecule has 4 heavy (non-hydrogen) atoms. The molecule has 0 amide bonds.